The van der Waals surface area contributed by atoms with Crippen molar-refractivity contribution in [3.05, 3.63) is 18.0 Å². The van der Waals surface area contributed by atoms with Crippen LogP contribution in [0.3, 0.4) is 0 Å². The van der Waals surface area contributed by atoms with Gasteiger partial charge in [0.2, 0.25) is 0 Å². The second-order valence-corrected chi connectivity index (χ2v) is 4.86. The van der Waals surface area contributed by atoms with Crippen LogP contribution in [0.1, 0.15) is 39.4 Å². The van der Waals surface area contributed by atoms with E-state index >= 15 is 0 Å². The standard InChI is InChI=1S/C12H19N3O3/c1-5-15-7-6-9(14-15)10(8-16)13-11(17)18-12(2,3)4/h6-8,10H,5H2,1-4H3,(H,13,17). The maximum Gasteiger partial charge on any atom is 0.408 e. The van der Waals surface area contributed by atoms with Crippen molar-refractivity contribution in [3.63, 3.8) is 0 Å². The number of aldehydes is 1. The summed E-state index contributed by atoms with van der Waals surface area (Å²) in [5.74, 6) is 0. The van der Waals surface area contributed by atoms with Crippen LogP contribution >= 0.6 is 0 Å². The fourth-order valence-corrected chi connectivity index (χ4v) is 1.33. The molecule has 1 unspecified atom stereocenters. The van der Waals surface area contributed by atoms with Gasteiger partial charge >= 0.3 is 6.09 Å². The fraction of sp³-hybridized carbons (Fsp3) is 0.583. The van der Waals surface area contributed by atoms with Crippen molar-refractivity contribution in [3.8, 4) is 0 Å². The lowest BCUT2D eigenvalue weighted by Crippen LogP contribution is -2.35. The van der Waals surface area contributed by atoms with E-state index in [-0.39, 0.29) is 0 Å². The van der Waals surface area contributed by atoms with Crippen LogP contribution < -0.4 is 5.32 Å². The van der Waals surface area contributed by atoms with Crippen LogP contribution in [0, 0.1) is 0 Å². The molecule has 0 aliphatic rings. The minimum absolute atomic E-state index is 0.498. The smallest absolute Gasteiger partial charge is 0.408 e. The number of alkyl carbamates (subject to hydrolysis) is 1. The summed E-state index contributed by atoms with van der Waals surface area (Å²) in [7, 11) is 0. The summed E-state index contributed by atoms with van der Waals surface area (Å²) in [4.78, 5) is 22.5. The quantitative estimate of drug-likeness (QED) is 0.828. The minimum Gasteiger partial charge on any atom is -0.444 e. The molecule has 0 radical (unpaired) electrons. The maximum absolute atomic E-state index is 11.6. The van der Waals surface area contributed by atoms with E-state index in [1.807, 2.05) is 6.92 Å². The van der Waals surface area contributed by atoms with Crippen molar-refractivity contribution in [1.29, 1.82) is 0 Å². The van der Waals surface area contributed by atoms with E-state index in [0.29, 0.717) is 18.5 Å². The summed E-state index contributed by atoms with van der Waals surface area (Å²) in [5.41, 5.74) is -0.0990. The molecule has 0 aliphatic heterocycles. The Kier molecular flexibility index (Phi) is 4.47. The van der Waals surface area contributed by atoms with E-state index in [2.05, 4.69) is 10.4 Å². The molecule has 0 aromatic carbocycles. The molecule has 0 aliphatic carbocycles. The van der Waals surface area contributed by atoms with Crippen LogP contribution in [0.25, 0.3) is 0 Å². The molecule has 1 heterocycles. The summed E-state index contributed by atoms with van der Waals surface area (Å²) in [6.45, 7) is 7.92. The van der Waals surface area contributed by atoms with Crippen molar-refractivity contribution in [2.45, 2.75) is 45.9 Å². The zero-order valence-electron chi connectivity index (χ0n) is 11.1. The highest BCUT2D eigenvalue weighted by atomic mass is 16.6. The molecule has 0 fully saturated rings. The Labute approximate surface area is 106 Å². The summed E-state index contributed by atoms with van der Waals surface area (Å²) < 4.78 is 6.76. The summed E-state index contributed by atoms with van der Waals surface area (Å²) in [6, 6.07) is 0.910. The van der Waals surface area contributed by atoms with E-state index in [4.69, 9.17) is 4.74 Å². The second kappa shape index (κ2) is 5.66. The molecule has 1 aromatic heterocycles. The van der Waals surface area contributed by atoms with Gasteiger partial charge in [-0.3, -0.25) is 4.68 Å². The van der Waals surface area contributed by atoms with Gasteiger partial charge in [0.05, 0.1) is 5.69 Å². The molecule has 1 aromatic rings. The molecule has 1 rings (SSSR count). The molecule has 0 spiro atoms. The molecule has 0 saturated heterocycles. The van der Waals surface area contributed by atoms with Gasteiger partial charge in [-0.15, -0.1) is 0 Å². The van der Waals surface area contributed by atoms with Crippen LogP contribution in [0.2, 0.25) is 0 Å². The van der Waals surface area contributed by atoms with Gasteiger partial charge in [0, 0.05) is 12.7 Å². The van der Waals surface area contributed by atoms with Gasteiger partial charge in [-0.05, 0) is 33.8 Å². The molecule has 1 amide bonds. The third kappa shape index (κ3) is 4.20. The lowest BCUT2D eigenvalue weighted by Gasteiger charge is -2.21. The first-order valence-corrected chi connectivity index (χ1v) is 5.84. The predicted molar refractivity (Wildman–Crippen MR) is 66.1 cm³/mol. The number of amides is 1. The first kappa shape index (κ1) is 14.2. The number of aromatic nitrogens is 2. The maximum atomic E-state index is 11.6. The average molecular weight is 253 g/mol. The number of rotatable bonds is 4. The Hall–Kier alpha value is -1.85. The van der Waals surface area contributed by atoms with Gasteiger partial charge in [-0.25, -0.2) is 4.79 Å². The molecule has 0 bridgehead atoms. The van der Waals surface area contributed by atoms with E-state index < -0.39 is 17.7 Å². The summed E-state index contributed by atoms with van der Waals surface area (Å²) in [6.07, 6.45) is 1.75. The number of hydrogen-bond donors (Lipinski definition) is 1. The second-order valence-electron chi connectivity index (χ2n) is 4.86. The zero-order valence-corrected chi connectivity index (χ0v) is 11.1. The first-order valence-electron chi connectivity index (χ1n) is 5.84. The van der Waals surface area contributed by atoms with Crippen LogP contribution in [-0.2, 0) is 16.1 Å². The number of hydrogen-bond acceptors (Lipinski definition) is 4. The SMILES string of the molecule is CCn1ccc(C(C=O)NC(=O)OC(C)(C)C)n1. The van der Waals surface area contributed by atoms with Crippen molar-refractivity contribution in [2.24, 2.45) is 0 Å². The molecule has 100 valence electrons. The van der Waals surface area contributed by atoms with E-state index in [1.165, 1.54) is 0 Å². The molecule has 6 nitrogen and oxygen atoms in total. The number of nitrogens with zero attached hydrogens (tertiary/aromatic N) is 2. The van der Waals surface area contributed by atoms with Gasteiger partial charge in [0.15, 0.2) is 0 Å². The lowest BCUT2D eigenvalue weighted by molar-refractivity contribution is -0.109. The molecule has 6 heteroatoms. The monoisotopic (exact) mass is 253 g/mol. The van der Waals surface area contributed by atoms with E-state index in [0.717, 1.165) is 0 Å². The highest BCUT2D eigenvalue weighted by Crippen LogP contribution is 2.11. The van der Waals surface area contributed by atoms with Crippen molar-refractivity contribution in [1.82, 2.24) is 15.1 Å². The predicted octanol–water partition coefficient (Wildman–Crippen LogP) is 1.67. The Morgan fingerprint density at radius 1 is 1.61 bits per heavy atom. The van der Waals surface area contributed by atoms with Crippen molar-refractivity contribution < 1.29 is 14.3 Å². The molecular formula is C12H19N3O3. The summed E-state index contributed by atoms with van der Waals surface area (Å²) >= 11 is 0. The number of carbonyl (C=O) groups is 2. The molecule has 18 heavy (non-hydrogen) atoms. The minimum atomic E-state index is -0.785. The molecule has 1 atom stereocenters. The average Bonchev–Trinajstić information content (AvgIpc) is 2.71. The third-order valence-electron chi connectivity index (χ3n) is 2.11. The lowest BCUT2D eigenvalue weighted by atomic mass is 10.2. The largest absolute Gasteiger partial charge is 0.444 e. The van der Waals surface area contributed by atoms with Gasteiger partial charge in [-0.2, -0.15) is 5.10 Å². The third-order valence-corrected chi connectivity index (χ3v) is 2.11. The summed E-state index contributed by atoms with van der Waals surface area (Å²) in [5, 5.41) is 6.64. The van der Waals surface area contributed by atoms with Crippen molar-refractivity contribution >= 4 is 12.4 Å². The topological polar surface area (TPSA) is 73.2 Å². The first-order chi connectivity index (χ1) is 8.35. The van der Waals surface area contributed by atoms with Crippen molar-refractivity contribution in [2.75, 3.05) is 0 Å². The molecule has 0 saturated carbocycles. The Morgan fingerprint density at radius 3 is 2.72 bits per heavy atom. The van der Waals surface area contributed by atoms with Gasteiger partial charge < -0.3 is 14.8 Å². The fourth-order valence-electron chi connectivity index (χ4n) is 1.33. The van der Waals surface area contributed by atoms with Gasteiger partial charge in [0.25, 0.3) is 0 Å². The van der Waals surface area contributed by atoms with Gasteiger partial charge in [-0.1, -0.05) is 0 Å². The van der Waals surface area contributed by atoms with Crippen LogP contribution in [0.4, 0.5) is 4.79 Å². The normalized spacial score (nSPS) is 12.9. The van der Waals surface area contributed by atoms with Gasteiger partial charge in [0.1, 0.15) is 17.9 Å². The number of carbonyl (C=O) groups excluding carboxylic acids is 2. The Balaban J connectivity index is 2.67. The highest BCUT2D eigenvalue weighted by molar-refractivity contribution is 5.74. The van der Waals surface area contributed by atoms with E-state index in [1.54, 1.807) is 37.7 Å². The number of ether oxygens (including phenoxy) is 1. The molecule has 1 N–H and O–H groups in total. The van der Waals surface area contributed by atoms with E-state index in [9.17, 15) is 9.59 Å². The molecular weight excluding hydrogens is 234 g/mol. The zero-order chi connectivity index (χ0) is 13.8. The Bertz CT molecular complexity index is 420. The number of aryl methyl sites for hydroxylation is 1. The number of nitrogens with one attached hydrogen (secondary N) is 1. The Morgan fingerprint density at radius 2 is 2.28 bits per heavy atom. The highest BCUT2D eigenvalue weighted by Gasteiger charge is 2.21. The van der Waals surface area contributed by atoms with Crippen LogP contribution in [0.15, 0.2) is 12.3 Å². The van der Waals surface area contributed by atoms with Crippen LogP contribution in [-0.4, -0.2) is 27.8 Å². The van der Waals surface area contributed by atoms with Crippen LogP contribution in [0.5, 0.6) is 0 Å².